The van der Waals surface area contributed by atoms with Gasteiger partial charge in [-0.25, -0.2) is 0 Å². The Morgan fingerprint density at radius 1 is 0.471 bits per heavy atom. The van der Waals surface area contributed by atoms with E-state index >= 15 is 0 Å². The Morgan fingerprint density at radius 3 is 1.41 bits per heavy atom. The summed E-state index contributed by atoms with van der Waals surface area (Å²) in [4.78, 5) is 0. The molecule has 2 fully saturated rings. The molecule has 0 radical (unpaired) electrons. The van der Waals surface area contributed by atoms with Crippen LogP contribution in [0.2, 0.25) is 0 Å². The van der Waals surface area contributed by atoms with Gasteiger partial charge in [-0.3, -0.25) is 0 Å². The van der Waals surface area contributed by atoms with Crippen LogP contribution in [0.15, 0.2) is 48.5 Å². The first-order valence-corrected chi connectivity index (χ1v) is 20.6. The summed E-state index contributed by atoms with van der Waals surface area (Å²) < 4.78 is 26.3. The van der Waals surface area contributed by atoms with Crippen LogP contribution in [0.25, 0.3) is 21.9 Å². The quantitative estimate of drug-likeness (QED) is 0.111. The molecule has 4 nitrogen and oxygen atoms in total. The summed E-state index contributed by atoms with van der Waals surface area (Å²) in [6, 6.07) is 18.8. The Kier molecular flexibility index (Phi) is 11.3. The molecule has 0 N–H and O–H groups in total. The zero-order valence-electron chi connectivity index (χ0n) is 33.8. The van der Waals surface area contributed by atoms with Crippen molar-refractivity contribution in [3.05, 3.63) is 59.7 Å². The van der Waals surface area contributed by atoms with Gasteiger partial charge in [0.25, 0.3) is 0 Å². The van der Waals surface area contributed by atoms with Crippen LogP contribution < -0.4 is 10.9 Å². The molecule has 3 aliphatic rings. The van der Waals surface area contributed by atoms with Crippen molar-refractivity contribution in [3.63, 3.8) is 0 Å². The SMILES string of the molecule is CCCCCCCCC1(CCCCCCCC)c2cc(B3OC(C)(C)C(C)(C)O3)ccc2-c2ccc3cc(B4OC(C)(C)C(C)(C)O4)ccc3c21. The lowest BCUT2D eigenvalue weighted by atomic mass is 9.67. The highest BCUT2D eigenvalue weighted by Crippen LogP contribution is 2.56. The number of benzene rings is 3. The zero-order chi connectivity index (χ0) is 36.7. The molecule has 0 bridgehead atoms. The van der Waals surface area contributed by atoms with Gasteiger partial charge >= 0.3 is 14.2 Å². The van der Waals surface area contributed by atoms with E-state index < -0.39 is 0 Å². The van der Waals surface area contributed by atoms with Crippen LogP contribution in [0.4, 0.5) is 0 Å². The second-order valence-electron chi connectivity index (χ2n) is 18.1. The minimum atomic E-state index is -0.376. The normalized spacial score (nSPS) is 20.7. The van der Waals surface area contributed by atoms with E-state index in [1.54, 1.807) is 0 Å². The van der Waals surface area contributed by atoms with Gasteiger partial charge in [-0.05, 0) is 112 Å². The molecule has 0 saturated carbocycles. The summed E-state index contributed by atoms with van der Waals surface area (Å²) in [5, 5.41) is 2.65. The maximum absolute atomic E-state index is 6.64. The van der Waals surface area contributed by atoms with Gasteiger partial charge in [-0.2, -0.15) is 0 Å². The van der Waals surface area contributed by atoms with Crippen molar-refractivity contribution in [2.24, 2.45) is 0 Å². The second-order valence-corrected chi connectivity index (χ2v) is 18.1. The first-order valence-electron chi connectivity index (χ1n) is 20.6. The predicted molar refractivity (Wildman–Crippen MR) is 218 cm³/mol. The standard InChI is InChI=1S/C45H66B2O4/c1-11-13-15-17-19-21-29-45(30-22-20-18-16-14-12-2)39-32-35(47-50-43(7,8)44(9,10)51-47)25-28-37(39)38-26-23-33-31-34(24-27-36(33)40(38)45)46-48-41(3,4)42(5,6)49-46/h23-28,31-32H,11-22,29-30H2,1-10H3. The third-order valence-electron chi connectivity index (χ3n) is 13.3. The molecule has 51 heavy (non-hydrogen) atoms. The molecule has 6 rings (SSSR count). The van der Waals surface area contributed by atoms with E-state index in [2.05, 4.69) is 118 Å². The summed E-state index contributed by atoms with van der Waals surface area (Å²) in [7, 11) is -0.743. The van der Waals surface area contributed by atoms with E-state index in [1.165, 1.54) is 123 Å². The molecule has 0 spiro atoms. The highest BCUT2D eigenvalue weighted by molar-refractivity contribution is 6.62. The summed E-state index contributed by atoms with van der Waals surface area (Å²) >= 11 is 0. The van der Waals surface area contributed by atoms with Crippen molar-refractivity contribution in [3.8, 4) is 11.1 Å². The van der Waals surface area contributed by atoms with E-state index in [9.17, 15) is 0 Å². The van der Waals surface area contributed by atoms with Crippen molar-refractivity contribution < 1.29 is 18.6 Å². The first kappa shape index (κ1) is 38.6. The Balaban J connectivity index is 1.44. The number of fused-ring (bicyclic) bond motifs is 5. The van der Waals surface area contributed by atoms with Gasteiger partial charge in [-0.1, -0.05) is 139 Å². The third-order valence-corrected chi connectivity index (χ3v) is 13.3. The molecular weight excluding hydrogens is 626 g/mol. The van der Waals surface area contributed by atoms with Crippen LogP contribution in [0, 0.1) is 0 Å². The molecule has 6 heteroatoms. The van der Waals surface area contributed by atoms with Crippen LogP contribution in [0.1, 0.15) is 170 Å². The molecule has 1 aliphatic carbocycles. The maximum atomic E-state index is 6.64. The summed E-state index contributed by atoms with van der Waals surface area (Å²) in [5.74, 6) is 0. The Bertz CT molecular complexity index is 1630. The predicted octanol–water partition coefficient (Wildman–Crippen LogP) is 11.2. The Morgan fingerprint density at radius 2 is 0.902 bits per heavy atom. The molecule has 2 aliphatic heterocycles. The lowest BCUT2D eigenvalue weighted by Crippen LogP contribution is -2.41. The zero-order valence-corrected chi connectivity index (χ0v) is 33.8. The van der Waals surface area contributed by atoms with E-state index in [-0.39, 0.29) is 42.1 Å². The van der Waals surface area contributed by atoms with E-state index in [0.717, 1.165) is 10.9 Å². The summed E-state index contributed by atoms with van der Waals surface area (Å²) in [6.45, 7) is 21.8. The Hall–Kier alpha value is -2.11. The van der Waals surface area contributed by atoms with Crippen molar-refractivity contribution in [2.75, 3.05) is 0 Å². The number of rotatable bonds is 16. The van der Waals surface area contributed by atoms with E-state index in [0.29, 0.717) is 0 Å². The van der Waals surface area contributed by atoms with Gasteiger partial charge < -0.3 is 18.6 Å². The van der Waals surface area contributed by atoms with Gasteiger partial charge in [-0.15, -0.1) is 0 Å². The third kappa shape index (κ3) is 7.38. The topological polar surface area (TPSA) is 36.9 Å². The molecule has 0 unspecified atom stereocenters. The lowest BCUT2D eigenvalue weighted by molar-refractivity contribution is 0.00578. The maximum Gasteiger partial charge on any atom is 0.494 e. The van der Waals surface area contributed by atoms with Crippen molar-refractivity contribution >= 4 is 35.9 Å². The van der Waals surface area contributed by atoms with E-state index in [4.69, 9.17) is 18.6 Å². The first-order chi connectivity index (χ1) is 24.2. The average molecular weight is 693 g/mol. The molecule has 3 aromatic rings. The molecule has 0 amide bonds. The lowest BCUT2D eigenvalue weighted by Gasteiger charge is -2.34. The largest absolute Gasteiger partial charge is 0.494 e. The van der Waals surface area contributed by atoms with Crippen molar-refractivity contribution in [2.45, 2.75) is 187 Å². The van der Waals surface area contributed by atoms with Crippen LogP contribution in [-0.2, 0) is 24.0 Å². The van der Waals surface area contributed by atoms with Gasteiger partial charge in [0, 0.05) is 5.41 Å². The molecule has 2 saturated heterocycles. The van der Waals surface area contributed by atoms with Crippen molar-refractivity contribution in [1.29, 1.82) is 0 Å². The number of hydrogen-bond donors (Lipinski definition) is 0. The van der Waals surface area contributed by atoms with E-state index in [1.807, 2.05) is 0 Å². The van der Waals surface area contributed by atoms with Crippen LogP contribution in [0.5, 0.6) is 0 Å². The second kappa shape index (κ2) is 15.0. The fourth-order valence-electron chi connectivity index (χ4n) is 8.73. The summed E-state index contributed by atoms with van der Waals surface area (Å²) in [5.41, 5.74) is 6.48. The molecule has 0 aromatic heterocycles. The molecular formula is C45H66B2O4. The van der Waals surface area contributed by atoms with Crippen molar-refractivity contribution in [1.82, 2.24) is 0 Å². The molecule has 276 valence electrons. The van der Waals surface area contributed by atoms with Gasteiger partial charge in [0.2, 0.25) is 0 Å². The Labute approximate surface area is 311 Å². The number of hydrogen-bond acceptors (Lipinski definition) is 4. The average Bonchev–Trinajstić information content (AvgIpc) is 3.58. The highest BCUT2D eigenvalue weighted by Gasteiger charge is 2.53. The van der Waals surface area contributed by atoms with Crippen LogP contribution in [-0.4, -0.2) is 36.6 Å². The highest BCUT2D eigenvalue weighted by atomic mass is 16.7. The monoisotopic (exact) mass is 693 g/mol. The smallest absolute Gasteiger partial charge is 0.399 e. The molecule has 0 atom stereocenters. The van der Waals surface area contributed by atoms with Gasteiger partial charge in [0.05, 0.1) is 22.4 Å². The van der Waals surface area contributed by atoms with Crippen LogP contribution in [0.3, 0.4) is 0 Å². The fraction of sp³-hybridized carbons (Fsp3) is 0.644. The van der Waals surface area contributed by atoms with Crippen LogP contribution >= 0.6 is 0 Å². The fourth-order valence-corrected chi connectivity index (χ4v) is 8.73. The summed E-state index contributed by atoms with van der Waals surface area (Å²) in [6.07, 6.45) is 17.9. The number of unbranched alkanes of at least 4 members (excludes halogenated alkanes) is 10. The molecule has 3 aromatic carbocycles. The van der Waals surface area contributed by atoms with Gasteiger partial charge in [0.1, 0.15) is 0 Å². The minimum absolute atomic E-state index is 0.0643. The minimum Gasteiger partial charge on any atom is -0.399 e. The van der Waals surface area contributed by atoms with Gasteiger partial charge in [0.15, 0.2) is 0 Å². The molecule has 2 heterocycles.